The van der Waals surface area contributed by atoms with Gasteiger partial charge in [-0.1, -0.05) is 0 Å². The number of aliphatic hydroxyl groups is 1. The fourth-order valence-corrected chi connectivity index (χ4v) is 0.123. The van der Waals surface area contributed by atoms with Crippen LogP contribution in [0, 0.1) is 0 Å². The lowest BCUT2D eigenvalue weighted by atomic mass is 10.5. The smallest absolute Gasteiger partial charge is 0.370 e. The SMILES string of the molecule is C/C=C(/O)C(=O)O. The number of aliphatic carboxylic acids is 1. The molecule has 0 bridgehead atoms. The van der Waals surface area contributed by atoms with Crippen LogP contribution in [0.15, 0.2) is 11.8 Å². The van der Waals surface area contributed by atoms with Gasteiger partial charge in [0.15, 0.2) is 5.76 Å². The van der Waals surface area contributed by atoms with Gasteiger partial charge in [0.1, 0.15) is 0 Å². The summed E-state index contributed by atoms with van der Waals surface area (Å²) in [4.78, 5) is 9.61. The lowest BCUT2D eigenvalue weighted by Gasteiger charge is -1.83. The van der Waals surface area contributed by atoms with Gasteiger partial charge in [0.25, 0.3) is 0 Å². The number of carboxylic acid groups (broad SMARTS) is 1. The van der Waals surface area contributed by atoms with Crippen LogP contribution in [0.5, 0.6) is 0 Å². The van der Waals surface area contributed by atoms with Gasteiger partial charge < -0.3 is 10.2 Å². The van der Waals surface area contributed by atoms with E-state index in [-0.39, 0.29) is 0 Å². The van der Waals surface area contributed by atoms with Crippen LogP contribution in [0.3, 0.4) is 0 Å². The summed E-state index contributed by atoms with van der Waals surface area (Å²) >= 11 is 0. The molecule has 0 saturated carbocycles. The Labute approximate surface area is 40.9 Å². The predicted octanol–water partition coefficient (Wildman–Crippen LogP) is 0.533. The van der Waals surface area contributed by atoms with Gasteiger partial charge in [-0.3, -0.25) is 0 Å². The number of aliphatic hydroxyl groups excluding tert-OH is 1. The van der Waals surface area contributed by atoms with Crippen LogP contribution in [-0.2, 0) is 4.79 Å². The quantitative estimate of drug-likeness (QED) is 0.375. The molecule has 0 saturated heterocycles. The van der Waals surface area contributed by atoms with Crippen LogP contribution in [0.4, 0.5) is 0 Å². The maximum absolute atomic E-state index is 9.61. The van der Waals surface area contributed by atoms with E-state index in [4.69, 9.17) is 10.2 Å². The number of carbonyl (C=O) groups is 1. The molecular weight excluding hydrogens is 96.0 g/mol. The molecule has 0 aliphatic carbocycles. The largest absolute Gasteiger partial charge is 0.502 e. The van der Waals surface area contributed by atoms with E-state index in [9.17, 15) is 4.79 Å². The van der Waals surface area contributed by atoms with E-state index in [0.29, 0.717) is 0 Å². The minimum atomic E-state index is -1.29. The molecule has 0 unspecified atom stereocenters. The molecule has 3 nitrogen and oxygen atoms in total. The summed E-state index contributed by atoms with van der Waals surface area (Å²) in [5, 5.41) is 16.1. The highest BCUT2D eigenvalue weighted by atomic mass is 16.4. The molecule has 40 valence electrons. The fraction of sp³-hybridized carbons (Fsp3) is 0.250. The normalized spacial score (nSPS) is 11.3. The average Bonchev–Trinajstić information content (AvgIpc) is 1.65. The molecule has 3 heteroatoms. The van der Waals surface area contributed by atoms with Crippen molar-refractivity contribution in [3.8, 4) is 0 Å². The molecule has 7 heavy (non-hydrogen) atoms. The van der Waals surface area contributed by atoms with Crippen molar-refractivity contribution < 1.29 is 15.0 Å². The maximum atomic E-state index is 9.61. The van der Waals surface area contributed by atoms with Crippen molar-refractivity contribution in [2.45, 2.75) is 6.92 Å². The van der Waals surface area contributed by atoms with Gasteiger partial charge in [-0.25, -0.2) is 4.79 Å². The number of allylic oxidation sites excluding steroid dienone is 1. The lowest BCUT2D eigenvalue weighted by Crippen LogP contribution is -1.97. The van der Waals surface area contributed by atoms with E-state index in [1.165, 1.54) is 6.92 Å². The highest BCUT2D eigenvalue weighted by molar-refractivity contribution is 5.83. The second kappa shape index (κ2) is 2.23. The molecule has 0 aliphatic rings. The minimum Gasteiger partial charge on any atom is -0.502 e. The van der Waals surface area contributed by atoms with Crippen molar-refractivity contribution in [1.82, 2.24) is 0 Å². The summed E-state index contributed by atoms with van der Waals surface area (Å²) in [5.74, 6) is -1.90. The molecule has 0 aromatic rings. The Balaban J connectivity index is 3.82. The minimum absolute atomic E-state index is 0.611. The van der Waals surface area contributed by atoms with Crippen LogP contribution in [0.2, 0.25) is 0 Å². The number of hydrogen-bond donors (Lipinski definition) is 2. The summed E-state index contributed by atoms with van der Waals surface area (Å²) in [6.45, 7) is 1.45. The zero-order valence-electron chi connectivity index (χ0n) is 3.88. The van der Waals surface area contributed by atoms with Gasteiger partial charge in [0.2, 0.25) is 0 Å². The maximum Gasteiger partial charge on any atom is 0.370 e. The second-order valence-electron chi connectivity index (χ2n) is 0.979. The number of carboxylic acids is 1. The Hall–Kier alpha value is -0.990. The summed E-state index contributed by atoms with van der Waals surface area (Å²) in [6, 6.07) is 0. The zero-order chi connectivity index (χ0) is 5.86. The van der Waals surface area contributed by atoms with E-state index < -0.39 is 11.7 Å². The molecular formula is C4H6O3. The molecule has 2 N–H and O–H groups in total. The topological polar surface area (TPSA) is 57.5 Å². The standard InChI is InChI=1S/C4H6O3/c1-2-3(5)4(6)7/h2,5H,1H3,(H,6,7)/b3-2+. The third kappa shape index (κ3) is 1.81. The summed E-state index contributed by atoms with van der Waals surface area (Å²) < 4.78 is 0. The van der Waals surface area contributed by atoms with Crippen molar-refractivity contribution in [3.63, 3.8) is 0 Å². The van der Waals surface area contributed by atoms with Gasteiger partial charge in [0, 0.05) is 0 Å². The molecule has 0 aromatic carbocycles. The molecule has 0 radical (unpaired) electrons. The van der Waals surface area contributed by atoms with E-state index in [1.807, 2.05) is 0 Å². The highest BCUT2D eigenvalue weighted by Crippen LogP contribution is 1.83. The highest BCUT2D eigenvalue weighted by Gasteiger charge is 1.97. The Bertz CT molecular complexity index is 104. The molecule has 0 atom stereocenters. The van der Waals surface area contributed by atoms with Crippen molar-refractivity contribution in [1.29, 1.82) is 0 Å². The van der Waals surface area contributed by atoms with Gasteiger partial charge in [-0.15, -0.1) is 0 Å². The van der Waals surface area contributed by atoms with E-state index >= 15 is 0 Å². The Morgan fingerprint density at radius 1 is 1.57 bits per heavy atom. The number of hydrogen-bond acceptors (Lipinski definition) is 2. The zero-order valence-corrected chi connectivity index (χ0v) is 3.88. The first kappa shape index (κ1) is 6.01. The van der Waals surface area contributed by atoms with E-state index in [1.54, 1.807) is 0 Å². The molecule has 0 rings (SSSR count). The van der Waals surface area contributed by atoms with Crippen molar-refractivity contribution in [2.75, 3.05) is 0 Å². The van der Waals surface area contributed by atoms with Gasteiger partial charge >= 0.3 is 5.97 Å². The third-order valence-electron chi connectivity index (χ3n) is 0.493. The molecule has 0 amide bonds. The molecule has 0 spiro atoms. The molecule has 0 aromatic heterocycles. The predicted molar refractivity (Wildman–Crippen MR) is 24.0 cm³/mol. The van der Waals surface area contributed by atoms with Crippen molar-refractivity contribution in [2.24, 2.45) is 0 Å². The Morgan fingerprint density at radius 2 is 2.00 bits per heavy atom. The first-order valence-electron chi connectivity index (χ1n) is 1.77. The van der Waals surface area contributed by atoms with Crippen LogP contribution in [-0.4, -0.2) is 16.2 Å². The fourth-order valence-electron chi connectivity index (χ4n) is 0.123. The van der Waals surface area contributed by atoms with Crippen molar-refractivity contribution in [3.05, 3.63) is 11.8 Å². The van der Waals surface area contributed by atoms with Gasteiger partial charge in [-0.05, 0) is 13.0 Å². The summed E-state index contributed by atoms with van der Waals surface area (Å²) in [5.41, 5.74) is 0. The van der Waals surface area contributed by atoms with Crippen LogP contribution in [0.25, 0.3) is 0 Å². The molecule has 0 heterocycles. The van der Waals surface area contributed by atoms with E-state index in [0.717, 1.165) is 6.08 Å². The van der Waals surface area contributed by atoms with Crippen LogP contribution in [0.1, 0.15) is 6.92 Å². The first-order valence-corrected chi connectivity index (χ1v) is 1.77. The molecule has 0 fully saturated rings. The van der Waals surface area contributed by atoms with Gasteiger partial charge in [-0.2, -0.15) is 0 Å². The summed E-state index contributed by atoms with van der Waals surface area (Å²) in [7, 11) is 0. The van der Waals surface area contributed by atoms with Crippen LogP contribution >= 0.6 is 0 Å². The summed E-state index contributed by atoms with van der Waals surface area (Å²) in [6.07, 6.45) is 1.11. The van der Waals surface area contributed by atoms with E-state index in [2.05, 4.69) is 0 Å². The first-order chi connectivity index (χ1) is 3.18. The monoisotopic (exact) mass is 102 g/mol. The Kier molecular flexibility index (Phi) is 1.91. The third-order valence-corrected chi connectivity index (χ3v) is 0.493. The second-order valence-corrected chi connectivity index (χ2v) is 0.979. The van der Waals surface area contributed by atoms with Gasteiger partial charge in [0.05, 0.1) is 0 Å². The lowest BCUT2D eigenvalue weighted by molar-refractivity contribution is -0.135. The molecule has 0 aliphatic heterocycles. The average molecular weight is 102 g/mol. The van der Waals surface area contributed by atoms with Crippen LogP contribution < -0.4 is 0 Å². The van der Waals surface area contributed by atoms with Crippen molar-refractivity contribution >= 4 is 5.97 Å². The Morgan fingerprint density at radius 3 is 2.00 bits per heavy atom. The number of rotatable bonds is 1.